The van der Waals surface area contributed by atoms with Crippen LogP contribution in [0.4, 0.5) is 0 Å². The van der Waals surface area contributed by atoms with E-state index < -0.39 is 0 Å². The van der Waals surface area contributed by atoms with Crippen molar-refractivity contribution >= 4 is 0 Å². The normalized spacial score (nSPS) is 18.5. The van der Waals surface area contributed by atoms with Gasteiger partial charge in [0.2, 0.25) is 0 Å². The minimum absolute atomic E-state index is 0.644. The summed E-state index contributed by atoms with van der Waals surface area (Å²) < 4.78 is 5.67. The van der Waals surface area contributed by atoms with Gasteiger partial charge in [0.15, 0.2) is 0 Å². The molecule has 0 heterocycles. The third kappa shape index (κ3) is 5.07. The molecule has 104 valence electrons. The highest BCUT2D eigenvalue weighted by Crippen LogP contribution is 2.14. The monoisotopic (exact) mass is 259 g/mol. The smallest absolute Gasteiger partial charge is 0.119 e. The van der Waals surface area contributed by atoms with Gasteiger partial charge in [-0.2, -0.15) is 0 Å². The predicted molar refractivity (Wildman–Crippen MR) is 80.5 cm³/mol. The van der Waals surface area contributed by atoms with Crippen LogP contribution in [0, 0.1) is 0 Å². The number of unbranched alkanes of at least 4 members (excludes halogenated alkanes) is 1. The van der Waals surface area contributed by atoms with E-state index in [1.54, 1.807) is 0 Å². The van der Waals surface area contributed by atoms with Crippen LogP contribution in [-0.4, -0.2) is 12.6 Å². The van der Waals surface area contributed by atoms with Gasteiger partial charge in [0.1, 0.15) is 5.75 Å². The number of hydrogen-bond donors (Lipinski definition) is 1. The van der Waals surface area contributed by atoms with E-state index in [0.29, 0.717) is 6.04 Å². The number of nitrogens with one attached hydrogen (secondary N) is 1. The SMILES string of the molecule is CCCCOc1ccc(CNC2CC=CCC2)cc1. The fourth-order valence-corrected chi connectivity index (χ4v) is 2.28. The van der Waals surface area contributed by atoms with Gasteiger partial charge >= 0.3 is 0 Å². The molecule has 2 heteroatoms. The molecule has 0 amide bonds. The number of rotatable bonds is 7. The van der Waals surface area contributed by atoms with Crippen molar-refractivity contribution in [3.8, 4) is 5.75 Å². The molecule has 0 bridgehead atoms. The average molecular weight is 259 g/mol. The second-order valence-corrected chi connectivity index (χ2v) is 5.21. The van der Waals surface area contributed by atoms with E-state index in [1.165, 1.54) is 24.8 Å². The molecule has 1 aromatic carbocycles. The topological polar surface area (TPSA) is 21.3 Å². The summed E-state index contributed by atoms with van der Waals surface area (Å²) in [6, 6.07) is 9.12. The lowest BCUT2D eigenvalue weighted by Crippen LogP contribution is -2.29. The Morgan fingerprint density at radius 2 is 2.05 bits per heavy atom. The molecule has 1 aliphatic rings. The summed E-state index contributed by atoms with van der Waals surface area (Å²) in [5, 5.41) is 3.62. The van der Waals surface area contributed by atoms with Crippen LogP contribution in [0.25, 0.3) is 0 Å². The van der Waals surface area contributed by atoms with E-state index in [2.05, 4.69) is 48.7 Å². The summed E-state index contributed by atoms with van der Waals surface area (Å²) in [6.45, 7) is 3.95. The number of ether oxygens (including phenoxy) is 1. The summed E-state index contributed by atoms with van der Waals surface area (Å²) in [6.07, 6.45) is 10.5. The molecule has 1 aliphatic carbocycles. The van der Waals surface area contributed by atoms with Crippen LogP contribution in [0.5, 0.6) is 5.75 Å². The van der Waals surface area contributed by atoms with Gasteiger partial charge in [-0.05, 0) is 43.4 Å². The molecule has 0 saturated carbocycles. The van der Waals surface area contributed by atoms with Crippen molar-refractivity contribution in [2.24, 2.45) is 0 Å². The van der Waals surface area contributed by atoms with Gasteiger partial charge in [-0.1, -0.05) is 37.6 Å². The maximum Gasteiger partial charge on any atom is 0.119 e. The van der Waals surface area contributed by atoms with E-state index in [1.807, 2.05) is 0 Å². The minimum Gasteiger partial charge on any atom is -0.494 e. The third-order valence-corrected chi connectivity index (χ3v) is 3.55. The van der Waals surface area contributed by atoms with Crippen LogP contribution < -0.4 is 10.1 Å². The Bertz CT molecular complexity index is 383. The molecule has 0 spiro atoms. The van der Waals surface area contributed by atoms with Gasteiger partial charge in [0.25, 0.3) is 0 Å². The molecule has 0 radical (unpaired) electrons. The highest BCUT2D eigenvalue weighted by Gasteiger charge is 2.08. The summed E-state index contributed by atoms with van der Waals surface area (Å²) in [5.41, 5.74) is 1.33. The number of allylic oxidation sites excluding steroid dienone is 1. The van der Waals surface area contributed by atoms with Crippen LogP contribution in [-0.2, 0) is 6.54 Å². The second-order valence-electron chi connectivity index (χ2n) is 5.21. The standard InChI is InChI=1S/C17H25NO/c1-2-3-13-19-17-11-9-15(10-12-17)14-18-16-7-5-4-6-8-16/h4-5,9-12,16,18H,2-3,6-8,13-14H2,1H3. The van der Waals surface area contributed by atoms with Crippen LogP contribution in [0.15, 0.2) is 36.4 Å². The first-order valence-electron chi connectivity index (χ1n) is 7.48. The quantitative estimate of drug-likeness (QED) is 0.589. The molecule has 2 nitrogen and oxygen atoms in total. The molecular formula is C17H25NO. The Hall–Kier alpha value is -1.28. The van der Waals surface area contributed by atoms with Crippen molar-refractivity contribution in [1.29, 1.82) is 0 Å². The Balaban J connectivity index is 1.73. The lowest BCUT2D eigenvalue weighted by Gasteiger charge is -2.19. The zero-order chi connectivity index (χ0) is 13.3. The van der Waals surface area contributed by atoms with Gasteiger partial charge in [0, 0.05) is 12.6 Å². The summed E-state index contributed by atoms with van der Waals surface area (Å²) in [4.78, 5) is 0. The Kier molecular flexibility index (Phi) is 5.96. The van der Waals surface area contributed by atoms with E-state index in [4.69, 9.17) is 4.74 Å². The molecule has 1 atom stereocenters. The van der Waals surface area contributed by atoms with Crippen molar-refractivity contribution in [2.45, 2.75) is 51.6 Å². The zero-order valence-corrected chi connectivity index (χ0v) is 11.9. The van der Waals surface area contributed by atoms with E-state index in [9.17, 15) is 0 Å². The first-order chi connectivity index (χ1) is 9.38. The fraction of sp³-hybridized carbons (Fsp3) is 0.529. The molecule has 0 saturated heterocycles. The fourth-order valence-electron chi connectivity index (χ4n) is 2.28. The number of benzene rings is 1. The maximum atomic E-state index is 5.67. The highest BCUT2D eigenvalue weighted by molar-refractivity contribution is 5.27. The zero-order valence-electron chi connectivity index (χ0n) is 11.9. The predicted octanol–water partition coefficient (Wildman–Crippen LogP) is 4.06. The molecule has 0 fully saturated rings. The summed E-state index contributed by atoms with van der Waals surface area (Å²) >= 11 is 0. The van der Waals surface area contributed by atoms with Gasteiger partial charge < -0.3 is 10.1 Å². The van der Waals surface area contributed by atoms with Crippen molar-refractivity contribution in [1.82, 2.24) is 5.32 Å². The largest absolute Gasteiger partial charge is 0.494 e. The van der Waals surface area contributed by atoms with Crippen molar-refractivity contribution in [3.05, 3.63) is 42.0 Å². The molecule has 1 aromatic rings. The lowest BCUT2D eigenvalue weighted by molar-refractivity contribution is 0.309. The van der Waals surface area contributed by atoms with Crippen molar-refractivity contribution in [2.75, 3.05) is 6.61 Å². The molecule has 19 heavy (non-hydrogen) atoms. The van der Waals surface area contributed by atoms with E-state index in [-0.39, 0.29) is 0 Å². The van der Waals surface area contributed by atoms with Gasteiger partial charge in [-0.25, -0.2) is 0 Å². The molecule has 0 aromatic heterocycles. The van der Waals surface area contributed by atoms with Gasteiger partial charge in [0.05, 0.1) is 6.61 Å². The highest BCUT2D eigenvalue weighted by atomic mass is 16.5. The van der Waals surface area contributed by atoms with Crippen LogP contribution in [0.3, 0.4) is 0 Å². The average Bonchev–Trinajstić information content (AvgIpc) is 2.48. The summed E-state index contributed by atoms with van der Waals surface area (Å²) in [7, 11) is 0. The van der Waals surface area contributed by atoms with E-state index in [0.717, 1.165) is 31.7 Å². The first kappa shape index (κ1) is 14.1. The van der Waals surface area contributed by atoms with Gasteiger partial charge in [-0.3, -0.25) is 0 Å². The van der Waals surface area contributed by atoms with Crippen LogP contribution in [0.1, 0.15) is 44.6 Å². The first-order valence-corrected chi connectivity index (χ1v) is 7.48. The molecule has 1 unspecified atom stereocenters. The number of hydrogen-bond acceptors (Lipinski definition) is 2. The van der Waals surface area contributed by atoms with Gasteiger partial charge in [-0.15, -0.1) is 0 Å². The van der Waals surface area contributed by atoms with Crippen LogP contribution >= 0.6 is 0 Å². The molecular weight excluding hydrogens is 234 g/mol. The Labute approximate surface area is 116 Å². The van der Waals surface area contributed by atoms with E-state index >= 15 is 0 Å². The van der Waals surface area contributed by atoms with Crippen molar-refractivity contribution < 1.29 is 4.74 Å². The summed E-state index contributed by atoms with van der Waals surface area (Å²) in [5.74, 6) is 0.984. The minimum atomic E-state index is 0.644. The molecule has 2 rings (SSSR count). The Morgan fingerprint density at radius 3 is 2.74 bits per heavy atom. The van der Waals surface area contributed by atoms with Crippen LogP contribution in [0.2, 0.25) is 0 Å². The molecule has 1 N–H and O–H groups in total. The molecule has 0 aliphatic heterocycles. The van der Waals surface area contributed by atoms with Crippen molar-refractivity contribution in [3.63, 3.8) is 0 Å². The Morgan fingerprint density at radius 1 is 1.21 bits per heavy atom. The lowest BCUT2D eigenvalue weighted by atomic mass is 10.0. The maximum absolute atomic E-state index is 5.67. The third-order valence-electron chi connectivity index (χ3n) is 3.55. The second kappa shape index (κ2) is 8.00.